The summed E-state index contributed by atoms with van der Waals surface area (Å²) in [6, 6.07) is 31.3. The minimum atomic E-state index is 0.913. The second kappa shape index (κ2) is 5.42. The van der Waals surface area contributed by atoms with Crippen molar-refractivity contribution in [3.63, 3.8) is 0 Å². The van der Waals surface area contributed by atoms with E-state index in [0.29, 0.717) is 0 Å². The molecule has 0 saturated carbocycles. The van der Waals surface area contributed by atoms with Crippen LogP contribution >= 0.6 is 0 Å². The van der Waals surface area contributed by atoms with Crippen LogP contribution in [0.25, 0.3) is 54.9 Å². The van der Waals surface area contributed by atoms with Gasteiger partial charge in [-0.15, -0.1) is 0 Å². The number of para-hydroxylation sites is 1. The Morgan fingerprint density at radius 2 is 1.26 bits per heavy atom. The summed E-state index contributed by atoms with van der Waals surface area (Å²) >= 11 is 0. The summed E-state index contributed by atoms with van der Waals surface area (Å²) in [6.07, 6.45) is 0. The Morgan fingerprint density at radius 3 is 2.11 bits per heavy atom. The molecule has 0 saturated heterocycles. The molecule has 0 unspecified atom stereocenters. The summed E-state index contributed by atoms with van der Waals surface area (Å²) in [5.41, 5.74) is 4.92. The predicted molar refractivity (Wildman–Crippen MR) is 112 cm³/mol. The number of hydrogen-bond acceptors (Lipinski definition) is 2. The molecule has 2 aromatic heterocycles. The number of furan rings is 1. The zero-order chi connectivity index (χ0) is 17.8. The lowest BCUT2D eigenvalue weighted by Crippen LogP contribution is -1.89. The van der Waals surface area contributed by atoms with E-state index in [0.717, 1.165) is 49.5 Å². The Kier molecular flexibility index (Phi) is 2.91. The molecule has 2 heterocycles. The van der Waals surface area contributed by atoms with Gasteiger partial charge in [-0.3, -0.25) is 0 Å². The van der Waals surface area contributed by atoms with Crippen molar-refractivity contribution < 1.29 is 4.42 Å². The van der Waals surface area contributed by atoms with Gasteiger partial charge in [0.05, 0.1) is 16.6 Å². The first-order valence-electron chi connectivity index (χ1n) is 9.08. The molecule has 4 aromatic carbocycles. The van der Waals surface area contributed by atoms with Crippen LogP contribution in [0.2, 0.25) is 0 Å². The fourth-order valence-electron chi connectivity index (χ4n) is 4.04. The van der Waals surface area contributed by atoms with E-state index in [2.05, 4.69) is 72.8 Å². The van der Waals surface area contributed by atoms with Gasteiger partial charge in [-0.05, 0) is 23.6 Å². The van der Waals surface area contributed by atoms with E-state index < -0.39 is 0 Å². The Balaban J connectivity index is 1.84. The average Bonchev–Trinajstić information content (AvgIpc) is 3.12. The van der Waals surface area contributed by atoms with Crippen LogP contribution in [0.4, 0.5) is 0 Å². The first-order chi connectivity index (χ1) is 13.4. The van der Waals surface area contributed by atoms with Crippen LogP contribution < -0.4 is 0 Å². The van der Waals surface area contributed by atoms with Crippen LogP contribution in [0.5, 0.6) is 0 Å². The van der Waals surface area contributed by atoms with Crippen LogP contribution in [0, 0.1) is 0 Å². The van der Waals surface area contributed by atoms with Gasteiger partial charge >= 0.3 is 0 Å². The largest absolute Gasteiger partial charge is 0.455 e. The normalized spacial score (nSPS) is 11.7. The molecule has 0 aliphatic heterocycles. The number of nitrogens with zero attached hydrogens (tertiary/aromatic N) is 1. The van der Waals surface area contributed by atoms with E-state index in [4.69, 9.17) is 9.40 Å². The molecular weight excluding hydrogens is 330 g/mol. The molecule has 0 spiro atoms. The molecule has 0 bridgehead atoms. The Bertz CT molecular complexity index is 1460. The number of aromatic nitrogens is 1. The van der Waals surface area contributed by atoms with E-state index in [1.54, 1.807) is 0 Å². The lowest BCUT2D eigenvalue weighted by atomic mass is 9.99. The maximum absolute atomic E-state index is 6.28. The van der Waals surface area contributed by atoms with Crippen LogP contribution in [0.1, 0.15) is 0 Å². The molecule has 0 aliphatic carbocycles. The lowest BCUT2D eigenvalue weighted by Gasteiger charge is -2.10. The predicted octanol–water partition coefficient (Wildman–Crippen LogP) is 6.95. The van der Waals surface area contributed by atoms with Gasteiger partial charge in [0.25, 0.3) is 0 Å². The molecule has 0 amide bonds. The molecule has 2 heteroatoms. The highest BCUT2D eigenvalue weighted by atomic mass is 16.3. The SMILES string of the molecule is c1ccc(-c2nc3ccc4c5ccccc5oc4c3c3ccccc23)cc1. The van der Waals surface area contributed by atoms with E-state index >= 15 is 0 Å². The van der Waals surface area contributed by atoms with Gasteiger partial charge in [0, 0.05) is 21.7 Å². The molecule has 2 nitrogen and oxygen atoms in total. The third-order valence-electron chi connectivity index (χ3n) is 5.26. The van der Waals surface area contributed by atoms with E-state index in [-0.39, 0.29) is 0 Å². The van der Waals surface area contributed by atoms with Crippen LogP contribution in [0.15, 0.2) is 95.4 Å². The van der Waals surface area contributed by atoms with Gasteiger partial charge in [-0.2, -0.15) is 0 Å². The monoisotopic (exact) mass is 345 g/mol. The van der Waals surface area contributed by atoms with Crippen molar-refractivity contribution in [2.24, 2.45) is 0 Å². The summed E-state index contributed by atoms with van der Waals surface area (Å²) < 4.78 is 6.28. The van der Waals surface area contributed by atoms with Crippen LogP contribution in [-0.4, -0.2) is 4.98 Å². The molecule has 0 radical (unpaired) electrons. The minimum Gasteiger partial charge on any atom is -0.455 e. The van der Waals surface area contributed by atoms with E-state index in [1.165, 1.54) is 5.39 Å². The van der Waals surface area contributed by atoms with Crippen molar-refractivity contribution in [3.8, 4) is 11.3 Å². The summed E-state index contributed by atoms with van der Waals surface area (Å²) in [7, 11) is 0. The third-order valence-corrected chi connectivity index (χ3v) is 5.26. The third kappa shape index (κ3) is 2.04. The molecular formula is C25H15NO. The lowest BCUT2D eigenvalue weighted by molar-refractivity contribution is 0.673. The molecule has 6 rings (SSSR count). The van der Waals surface area contributed by atoms with Gasteiger partial charge in [0.15, 0.2) is 0 Å². The summed E-state index contributed by atoms with van der Waals surface area (Å²) in [4.78, 5) is 5.03. The number of rotatable bonds is 1. The van der Waals surface area contributed by atoms with Gasteiger partial charge < -0.3 is 4.42 Å². The van der Waals surface area contributed by atoms with Crippen molar-refractivity contribution in [2.75, 3.05) is 0 Å². The van der Waals surface area contributed by atoms with E-state index in [1.807, 2.05) is 18.2 Å². The number of fused-ring (bicyclic) bond motifs is 7. The van der Waals surface area contributed by atoms with Crippen LogP contribution in [0.3, 0.4) is 0 Å². The zero-order valence-corrected chi connectivity index (χ0v) is 14.5. The maximum atomic E-state index is 6.28. The van der Waals surface area contributed by atoms with Crippen LogP contribution in [-0.2, 0) is 0 Å². The van der Waals surface area contributed by atoms with Gasteiger partial charge in [0.1, 0.15) is 11.2 Å². The van der Waals surface area contributed by atoms with Crippen molar-refractivity contribution in [1.29, 1.82) is 0 Å². The second-order valence-electron chi connectivity index (χ2n) is 6.81. The molecule has 126 valence electrons. The van der Waals surface area contributed by atoms with Crippen molar-refractivity contribution in [1.82, 2.24) is 4.98 Å². The average molecular weight is 345 g/mol. The van der Waals surface area contributed by atoms with Gasteiger partial charge in [-0.1, -0.05) is 72.8 Å². The Morgan fingerprint density at radius 1 is 0.556 bits per heavy atom. The van der Waals surface area contributed by atoms with Crippen molar-refractivity contribution >= 4 is 43.6 Å². The van der Waals surface area contributed by atoms with Crippen molar-refractivity contribution in [3.05, 3.63) is 91.0 Å². The Hall–Kier alpha value is -3.65. The Labute approximate surface area is 155 Å². The molecule has 0 fully saturated rings. The standard InChI is InChI=1S/C25H15NO/c1-2-8-16(9-3-1)24-19-12-5-4-11-18(19)23-21(26-24)15-14-20-17-10-6-7-13-22(17)27-25(20)23/h1-15H. The molecule has 0 atom stereocenters. The highest BCUT2D eigenvalue weighted by Crippen LogP contribution is 2.39. The highest BCUT2D eigenvalue weighted by Gasteiger charge is 2.15. The second-order valence-corrected chi connectivity index (χ2v) is 6.81. The molecule has 27 heavy (non-hydrogen) atoms. The number of benzene rings is 4. The van der Waals surface area contributed by atoms with Crippen molar-refractivity contribution in [2.45, 2.75) is 0 Å². The summed E-state index contributed by atoms with van der Waals surface area (Å²) in [6.45, 7) is 0. The molecule has 0 N–H and O–H groups in total. The van der Waals surface area contributed by atoms with E-state index in [9.17, 15) is 0 Å². The summed E-state index contributed by atoms with van der Waals surface area (Å²) in [5.74, 6) is 0. The maximum Gasteiger partial charge on any atom is 0.145 e. The fourth-order valence-corrected chi connectivity index (χ4v) is 4.04. The smallest absolute Gasteiger partial charge is 0.145 e. The first-order valence-corrected chi connectivity index (χ1v) is 9.08. The number of hydrogen-bond donors (Lipinski definition) is 0. The topological polar surface area (TPSA) is 26.0 Å². The highest BCUT2D eigenvalue weighted by molar-refractivity contribution is 6.23. The quantitative estimate of drug-likeness (QED) is 0.301. The van der Waals surface area contributed by atoms with Gasteiger partial charge in [0.2, 0.25) is 0 Å². The number of pyridine rings is 1. The summed E-state index contributed by atoms with van der Waals surface area (Å²) in [5, 5.41) is 5.68. The fraction of sp³-hybridized carbons (Fsp3) is 0. The zero-order valence-electron chi connectivity index (χ0n) is 14.5. The van der Waals surface area contributed by atoms with Gasteiger partial charge in [-0.25, -0.2) is 4.98 Å². The first kappa shape index (κ1) is 14.5. The minimum absolute atomic E-state index is 0.913. The molecule has 0 aliphatic rings. The molecule has 6 aromatic rings.